The molecule has 0 saturated heterocycles. The number of amides is 2. The van der Waals surface area contributed by atoms with Crippen molar-refractivity contribution in [2.24, 2.45) is 0 Å². The van der Waals surface area contributed by atoms with Crippen molar-refractivity contribution < 1.29 is 33.7 Å². The molecule has 1 unspecified atom stereocenters. The SMILES string of the molecule is COc1cc(C2CC(=O)Nc3cc(NC(C)=O)ccc32)cc2c1OCO2.O=CO. The highest BCUT2D eigenvalue weighted by molar-refractivity contribution is 5.97. The molecule has 2 aliphatic rings. The molecule has 0 radical (unpaired) electrons. The van der Waals surface area contributed by atoms with Gasteiger partial charge in [-0.1, -0.05) is 6.07 Å². The van der Waals surface area contributed by atoms with E-state index >= 15 is 0 Å². The molecule has 0 bridgehead atoms. The smallest absolute Gasteiger partial charge is 0.290 e. The fourth-order valence-corrected chi connectivity index (χ4v) is 3.39. The predicted octanol–water partition coefficient (Wildman–Crippen LogP) is 2.56. The molecule has 4 rings (SSSR count). The molecule has 9 nitrogen and oxygen atoms in total. The molecule has 2 amide bonds. The van der Waals surface area contributed by atoms with Crippen LogP contribution in [0.2, 0.25) is 0 Å². The predicted molar refractivity (Wildman–Crippen MR) is 104 cm³/mol. The molecule has 2 heterocycles. The summed E-state index contributed by atoms with van der Waals surface area (Å²) in [6.45, 7) is 1.34. The van der Waals surface area contributed by atoms with Crippen LogP contribution < -0.4 is 24.8 Å². The normalized spacial score (nSPS) is 15.9. The van der Waals surface area contributed by atoms with E-state index in [9.17, 15) is 9.59 Å². The number of nitrogens with one attached hydrogen (secondary N) is 2. The summed E-state index contributed by atoms with van der Waals surface area (Å²) in [4.78, 5) is 31.9. The van der Waals surface area contributed by atoms with Gasteiger partial charge in [-0.25, -0.2) is 0 Å². The Morgan fingerprint density at radius 2 is 2.07 bits per heavy atom. The van der Waals surface area contributed by atoms with Crippen molar-refractivity contribution in [1.29, 1.82) is 0 Å². The first kappa shape index (κ1) is 20.0. The topological polar surface area (TPSA) is 123 Å². The molecular weight excluding hydrogens is 380 g/mol. The van der Waals surface area contributed by atoms with Gasteiger partial charge in [0.1, 0.15) is 0 Å². The lowest BCUT2D eigenvalue weighted by molar-refractivity contribution is -0.123. The van der Waals surface area contributed by atoms with E-state index < -0.39 is 0 Å². The van der Waals surface area contributed by atoms with E-state index in [4.69, 9.17) is 24.1 Å². The minimum Gasteiger partial charge on any atom is -0.493 e. The molecule has 1 atom stereocenters. The Balaban J connectivity index is 0.000000755. The Kier molecular flexibility index (Phi) is 5.87. The van der Waals surface area contributed by atoms with Gasteiger partial charge in [0, 0.05) is 30.6 Å². The lowest BCUT2D eigenvalue weighted by Crippen LogP contribution is -2.23. The molecule has 2 aromatic rings. The quantitative estimate of drug-likeness (QED) is 0.677. The average molecular weight is 400 g/mol. The molecule has 0 saturated carbocycles. The fraction of sp³-hybridized carbons (Fsp3) is 0.250. The molecule has 9 heteroatoms. The van der Waals surface area contributed by atoms with Gasteiger partial charge in [0.05, 0.1) is 7.11 Å². The zero-order valence-electron chi connectivity index (χ0n) is 15.9. The van der Waals surface area contributed by atoms with Gasteiger partial charge in [-0.2, -0.15) is 0 Å². The lowest BCUT2D eigenvalue weighted by Gasteiger charge is -2.27. The summed E-state index contributed by atoms with van der Waals surface area (Å²) in [5.41, 5.74) is 3.21. The Hall–Kier alpha value is -3.75. The maximum Gasteiger partial charge on any atom is 0.290 e. The van der Waals surface area contributed by atoms with Crippen LogP contribution in [-0.2, 0) is 14.4 Å². The van der Waals surface area contributed by atoms with Gasteiger partial charge in [-0.05, 0) is 35.4 Å². The Labute approximate surface area is 166 Å². The van der Waals surface area contributed by atoms with Gasteiger partial charge in [0.25, 0.3) is 6.47 Å². The highest BCUT2D eigenvalue weighted by Gasteiger charge is 2.30. The lowest BCUT2D eigenvalue weighted by atomic mass is 9.84. The van der Waals surface area contributed by atoms with Crippen LogP contribution in [0.1, 0.15) is 30.4 Å². The number of anilines is 2. The number of hydrogen-bond acceptors (Lipinski definition) is 6. The first-order chi connectivity index (χ1) is 14.0. The summed E-state index contributed by atoms with van der Waals surface area (Å²) >= 11 is 0. The maximum absolute atomic E-state index is 12.2. The van der Waals surface area contributed by atoms with Gasteiger partial charge in [-0.15, -0.1) is 0 Å². The molecule has 0 fully saturated rings. The number of rotatable bonds is 3. The minimum absolute atomic E-state index is 0.0842. The maximum atomic E-state index is 12.2. The van der Waals surface area contributed by atoms with E-state index in [0.29, 0.717) is 35.0 Å². The first-order valence-corrected chi connectivity index (χ1v) is 8.73. The summed E-state index contributed by atoms with van der Waals surface area (Å²) in [7, 11) is 1.57. The molecule has 0 aromatic heterocycles. The summed E-state index contributed by atoms with van der Waals surface area (Å²) in [5, 5.41) is 12.5. The first-order valence-electron chi connectivity index (χ1n) is 8.73. The molecule has 152 valence electrons. The van der Waals surface area contributed by atoms with Crippen LogP contribution in [0, 0.1) is 0 Å². The second-order valence-electron chi connectivity index (χ2n) is 6.35. The van der Waals surface area contributed by atoms with Gasteiger partial charge >= 0.3 is 0 Å². The largest absolute Gasteiger partial charge is 0.493 e. The van der Waals surface area contributed by atoms with Gasteiger partial charge in [0.15, 0.2) is 11.5 Å². The van der Waals surface area contributed by atoms with Crippen LogP contribution in [0.25, 0.3) is 0 Å². The van der Waals surface area contributed by atoms with Crippen molar-refractivity contribution in [3.8, 4) is 17.2 Å². The third kappa shape index (κ3) is 4.23. The van der Waals surface area contributed by atoms with E-state index in [1.807, 2.05) is 24.3 Å². The monoisotopic (exact) mass is 400 g/mol. The van der Waals surface area contributed by atoms with Crippen LogP contribution >= 0.6 is 0 Å². The number of hydrogen-bond donors (Lipinski definition) is 3. The van der Waals surface area contributed by atoms with E-state index in [1.54, 1.807) is 13.2 Å². The Bertz CT molecular complexity index is 958. The number of carboxylic acid groups (broad SMARTS) is 1. The summed E-state index contributed by atoms with van der Waals surface area (Å²) in [5.74, 6) is 1.38. The van der Waals surface area contributed by atoms with Gasteiger partial charge < -0.3 is 30.0 Å². The number of ether oxygens (including phenoxy) is 3. The summed E-state index contributed by atoms with van der Waals surface area (Å²) in [6, 6.07) is 9.28. The van der Waals surface area contributed by atoms with Crippen molar-refractivity contribution >= 4 is 29.7 Å². The van der Waals surface area contributed by atoms with Crippen molar-refractivity contribution in [3.63, 3.8) is 0 Å². The molecule has 0 spiro atoms. The molecule has 2 aromatic carbocycles. The second-order valence-corrected chi connectivity index (χ2v) is 6.35. The molecule has 29 heavy (non-hydrogen) atoms. The summed E-state index contributed by atoms with van der Waals surface area (Å²) in [6.07, 6.45) is 0.315. The van der Waals surface area contributed by atoms with Gasteiger partial charge in [0.2, 0.25) is 24.4 Å². The molecule has 0 aliphatic carbocycles. The standard InChI is InChI=1S/C19H18N2O5.CH2O2/c1-10(22)20-12-3-4-13-14(8-18(23)21-15(13)7-12)11-5-16(24-2)19-17(6-11)25-9-26-19;2-1-3/h3-7,14H,8-9H2,1-2H3,(H,20,22)(H,21,23);1H,(H,2,3). The zero-order valence-corrected chi connectivity index (χ0v) is 15.9. The molecule has 3 N–H and O–H groups in total. The van der Waals surface area contributed by atoms with Crippen molar-refractivity contribution in [1.82, 2.24) is 0 Å². The Morgan fingerprint density at radius 3 is 2.76 bits per heavy atom. The van der Waals surface area contributed by atoms with E-state index in [1.165, 1.54) is 6.92 Å². The average Bonchev–Trinajstić information content (AvgIpc) is 3.15. The van der Waals surface area contributed by atoms with E-state index in [-0.39, 0.29) is 31.0 Å². The molecule has 2 aliphatic heterocycles. The van der Waals surface area contributed by atoms with Crippen LogP contribution in [0.4, 0.5) is 11.4 Å². The van der Waals surface area contributed by atoms with Crippen LogP contribution in [0.3, 0.4) is 0 Å². The Morgan fingerprint density at radius 1 is 1.31 bits per heavy atom. The van der Waals surface area contributed by atoms with Crippen molar-refractivity contribution in [2.45, 2.75) is 19.3 Å². The van der Waals surface area contributed by atoms with Crippen molar-refractivity contribution in [3.05, 3.63) is 41.5 Å². The fourth-order valence-electron chi connectivity index (χ4n) is 3.39. The number of methoxy groups -OCH3 is 1. The summed E-state index contributed by atoms with van der Waals surface area (Å²) < 4.78 is 16.4. The van der Waals surface area contributed by atoms with Crippen LogP contribution in [-0.4, -0.2) is 37.3 Å². The van der Waals surface area contributed by atoms with Crippen molar-refractivity contribution in [2.75, 3.05) is 24.5 Å². The van der Waals surface area contributed by atoms with Crippen LogP contribution in [0.15, 0.2) is 30.3 Å². The van der Waals surface area contributed by atoms with E-state index in [2.05, 4.69) is 10.6 Å². The number of carbonyl (C=O) groups is 3. The minimum atomic E-state index is -0.250. The highest BCUT2D eigenvalue weighted by atomic mass is 16.7. The second kappa shape index (κ2) is 8.51. The number of fused-ring (bicyclic) bond motifs is 2. The number of carbonyl (C=O) groups excluding carboxylic acids is 2. The van der Waals surface area contributed by atoms with Gasteiger partial charge in [-0.3, -0.25) is 14.4 Å². The number of benzene rings is 2. The zero-order chi connectivity index (χ0) is 21.0. The van der Waals surface area contributed by atoms with E-state index in [0.717, 1.165) is 11.1 Å². The highest BCUT2D eigenvalue weighted by Crippen LogP contribution is 2.46. The third-order valence-corrected chi connectivity index (χ3v) is 4.50. The third-order valence-electron chi connectivity index (χ3n) is 4.50. The van der Waals surface area contributed by atoms with Crippen LogP contribution in [0.5, 0.6) is 17.2 Å². The molecular formula is C20H20N2O7.